The fourth-order valence-corrected chi connectivity index (χ4v) is 6.87. The summed E-state index contributed by atoms with van der Waals surface area (Å²) in [5, 5.41) is 11.5. The van der Waals surface area contributed by atoms with Crippen LogP contribution in [0.15, 0.2) is 35.5 Å². The van der Waals surface area contributed by atoms with Gasteiger partial charge < -0.3 is 14.3 Å². The third kappa shape index (κ3) is 5.68. The molecule has 2 atom stereocenters. The predicted molar refractivity (Wildman–Crippen MR) is 119 cm³/mol. The smallest absolute Gasteiger partial charge is 0.330 e. The van der Waals surface area contributed by atoms with Gasteiger partial charge in [0.25, 0.3) is 0 Å². The summed E-state index contributed by atoms with van der Waals surface area (Å²) < 4.78 is 11.6. The molecule has 1 rings (SSSR count). The van der Waals surface area contributed by atoms with Crippen LogP contribution >= 0.6 is 0 Å². The fourth-order valence-electron chi connectivity index (χ4n) is 4.08. The Bertz CT molecular complexity index is 620. The van der Waals surface area contributed by atoms with Gasteiger partial charge in [-0.1, -0.05) is 46.8 Å². The Kier molecular flexibility index (Phi) is 8.91. The van der Waals surface area contributed by atoms with Crippen molar-refractivity contribution in [1.29, 1.82) is 0 Å². The Morgan fingerprint density at radius 1 is 1.25 bits per heavy atom. The summed E-state index contributed by atoms with van der Waals surface area (Å²) in [6.45, 7) is 16.8. The van der Waals surface area contributed by atoms with E-state index in [1.165, 1.54) is 6.08 Å². The number of esters is 1. The molecule has 5 heteroatoms. The van der Waals surface area contributed by atoms with Crippen LogP contribution in [0.1, 0.15) is 61.8 Å². The molecule has 4 nitrogen and oxygen atoms in total. The van der Waals surface area contributed by atoms with Crippen molar-refractivity contribution in [2.45, 2.75) is 91.6 Å². The predicted octanol–water partition coefficient (Wildman–Crippen LogP) is 5.55. The molecule has 0 amide bonds. The number of ether oxygens (including phenoxy) is 1. The summed E-state index contributed by atoms with van der Waals surface area (Å²) >= 11 is 0. The molecule has 1 aliphatic carbocycles. The molecule has 0 aromatic carbocycles. The molecule has 160 valence electrons. The average molecular weight is 409 g/mol. The van der Waals surface area contributed by atoms with Crippen molar-refractivity contribution in [2.24, 2.45) is 5.41 Å². The highest BCUT2D eigenvalue weighted by Gasteiger charge is 2.48. The first-order valence-electron chi connectivity index (χ1n) is 10.6. The molecule has 0 spiro atoms. The highest BCUT2D eigenvalue weighted by atomic mass is 28.4. The monoisotopic (exact) mass is 408 g/mol. The van der Waals surface area contributed by atoms with E-state index in [1.807, 2.05) is 19.9 Å². The van der Waals surface area contributed by atoms with Gasteiger partial charge in [0.05, 0.1) is 12.7 Å². The molecule has 1 aliphatic rings. The standard InChI is InChI=1S/C23H40O4Si/c1-9-26-21(24)15-18(5)13-14-23(25)19(6)16-20(17-22(23,7)8)27-28(10-2,11-3)12-4/h13-16,20,25H,9-12,17H2,1-8H3/b14-13+,18-15+/t20-,23-/m1/s1. The van der Waals surface area contributed by atoms with E-state index in [0.717, 1.165) is 35.7 Å². The first-order valence-corrected chi connectivity index (χ1v) is 13.2. The number of rotatable bonds is 9. The lowest BCUT2D eigenvalue weighted by molar-refractivity contribution is -0.137. The van der Waals surface area contributed by atoms with E-state index >= 15 is 0 Å². The second-order valence-electron chi connectivity index (χ2n) is 8.58. The molecular weight excluding hydrogens is 368 g/mol. The second kappa shape index (κ2) is 10.0. The molecule has 0 fully saturated rings. The Balaban J connectivity index is 3.11. The number of aliphatic hydroxyl groups is 1. The topological polar surface area (TPSA) is 55.8 Å². The average Bonchev–Trinajstić information content (AvgIpc) is 2.62. The number of allylic oxidation sites excluding steroid dienone is 2. The maximum absolute atomic E-state index is 11.6. The maximum atomic E-state index is 11.6. The number of hydrogen-bond acceptors (Lipinski definition) is 4. The molecule has 0 aromatic rings. The van der Waals surface area contributed by atoms with Gasteiger partial charge in [-0.25, -0.2) is 4.79 Å². The van der Waals surface area contributed by atoms with Crippen LogP contribution in [-0.2, 0) is 14.0 Å². The molecule has 0 unspecified atom stereocenters. The van der Waals surface area contributed by atoms with Crippen LogP contribution in [0, 0.1) is 5.41 Å². The fraction of sp³-hybridized carbons (Fsp3) is 0.696. The lowest BCUT2D eigenvalue weighted by atomic mass is 9.64. The molecule has 1 N–H and O–H groups in total. The van der Waals surface area contributed by atoms with Crippen LogP contribution in [0.3, 0.4) is 0 Å². The highest BCUT2D eigenvalue weighted by molar-refractivity contribution is 6.73. The molecule has 0 saturated heterocycles. The molecule has 0 aliphatic heterocycles. The Hall–Kier alpha value is -1.17. The van der Waals surface area contributed by atoms with Gasteiger partial charge in [0.15, 0.2) is 8.32 Å². The second-order valence-corrected chi connectivity index (χ2v) is 13.3. The highest BCUT2D eigenvalue weighted by Crippen LogP contribution is 2.47. The summed E-state index contributed by atoms with van der Waals surface area (Å²) in [7, 11) is -1.71. The van der Waals surface area contributed by atoms with Crippen molar-refractivity contribution < 1.29 is 19.1 Å². The van der Waals surface area contributed by atoms with Crippen molar-refractivity contribution in [2.75, 3.05) is 6.61 Å². The van der Waals surface area contributed by atoms with Gasteiger partial charge in [0.2, 0.25) is 0 Å². The van der Waals surface area contributed by atoms with Crippen LogP contribution in [0.4, 0.5) is 0 Å². The van der Waals surface area contributed by atoms with Gasteiger partial charge >= 0.3 is 5.97 Å². The van der Waals surface area contributed by atoms with Crippen molar-refractivity contribution >= 4 is 14.3 Å². The third-order valence-corrected chi connectivity index (χ3v) is 11.0. The summed E-state index contributed by atoms with van der Waals surface area (Å²) in [4.78, 5) is 11.6. The summed E-state index contributed by atoms with van der Waals surface area (Å²) in [5.74, 6) is -0.361. The minimum Gasteiger partial charge on any atom is -0.463 e. The zero-order valence-electron chi connectivity index (χ0n) is 19.1. The van der Waals surface area contributed by atoms with Gasteiger partial charge in [-0.3, -0.25) is 0 Å². The largest absolute Gasteiger partial charge is 0.463 e. The molecule has 0 aromatic heterocycles. The van der Waals surface area contributed by atoms with E-state index in [9.17, 15) is 9.90 Å². The number of carbonyl (C=O) groups is 1. The molecule has 0 bridgehead atoms. The normalized spacial score (nSPS) is 25.7. The van der Waals surface area contributed by atoms with E-state index in [1.54, 1.807) is 13.0 Å². The SMILES string of the molecule is CCOC(=O)/C=C(C)/C=C/[C@@]1(O)C(C)=C[C@@H](O[Si](CC)(CC)CC)CC1(C)C. The van der Waals surface area contributed by atoms with E-state index in [-0.39, 0.29) is 17.5 Å². The molecule has 0 heterocycles. The van der Waals surface area contributed by atoms with E-state index in [4.69, 9.17) is 9.16 Å². The molecule has 0 radical (unpaired) electrons. The van der Waals surface area contributed by atoms with Crippen LogP contribution in [0.25, 0.3) is 0 Å². The van der Waals surface area contributed by atoms with E-state index in [2.05, 4.69) is 40.7 Å². The van der Waals surface area contributed by atoms with Gasteiger partial charge in [-0.05, 0) is 62.5 Å². The van der Waals surface area contributed by atoms with Gasteiger partial charge in [-0.2, -0.15) is 0 Å². The van der Waals surface area contributed by atoms with Crippen molar-refractivity contribution in [3.8, 4) is 0 Å². The van der Waals surface area contributed by atoms with Crippen LogP contribution in [0.2, 0.25) is 18.1 Å². The lowest BCUT2D eigenvalue weighted by Gasteiger charge is -2.48. The summed E-state index contributed by atoms with van der Waals surface area (Å²) in [6, 6.07) is 3.35. The summed E-state index contributed by atoms with van der Waals surface area (Å²) in [5.41, 5.74) is 0.196. The minimum atomic E-state index is -1.71. The number of hydrogen-bond donors (Lipinski definition) is 1. The maximum Gasteiger partial charge on any atom is 0.330 e. The van der Waals surface area contributed by atoms with Crippen LogP contribution in [0.5, 0.6) is 0 Å². The lowest BCUT2D eigenvalue weighted by Crippen LogP contribution is -2.51. The van der Waals surface area contributed by atoms with Crippen LogP contribution in [-0.4, -0.2) is 37.7 Å². The Labute approximate surface area is 172 Å². The van der Waals surface area contributed by atoms with Gasteiger partial charge in [0.1, 0.15) is 5.60 Å². The van der Waals surface area contributed by atoms with Crippen molar-refractivity contribution in [3.63, 3.8) is 0 Å². The zero-order chi connectivity index (χ0) is 21.6. The Morgan fingerprint density at radius 3 is 2.29 bits per heavy atom. The zero-order valence-corrected chi connectivity index (χ0v) is 20.1. The van der Waals surface area contributed by atoms with Gasteiger partial charge in [0, 0.05) is 11.5 Å². The summed E-state index contributed by atoms with van der Waals surface area (Å²) in [6.07, 6.45) is 7.98. The van der Waals surface area contributed by atoms with Crippen LogP contribution < -0.4 is 0 Å². The first-order chi connectivity index (χ1) is 13.0. The Morgan fingerprint density at radius 2 is 1.82 bits per heavy atom. The third-order valence-electron chi connectivity index (χ3n) is 6.33. The first kappa shape index (κ1) is 24.9. The minimum absolute atomic E-state index is 0.0476. The van der Waals surface area contributed by atoms with E-state index in [0.29, 0.717) is 6.61 Å². The molecular formula is C23H40O4Si. The van der Waals surface area contributed by atoms with Crippen molar-refractivity contribution in [3.05, 3.63) is 35.5 Å². The van der Waals surface area contributed by atoms with Crippen molar-refractivity contribution in [1.82, 2.24) is 0 Å². The number of carbonyl (C=O) groups excluding carboxylic acids is 1. The van der Waals surface area contributed by atoms with Gasteiger partial charge in [-0.15, -0.1) is 0 Å². The van der Waals surface area contributed by atoms with E-state index < -0.39 is 13.9 Å². The molecule has 0 saturated carbocycles. The quantitative estimate of drug-likeness (QED) is 0.179. The molecule has 28 heavy (non-hydrogen) atoms.